The van der Waals surface area contributed by atoms with Crippen LogP contribution in [0, 0.1) is 5.92 Å². The number of rotatable bonds is 3. The average molecular weight is 256 g/mol. The highest BCUT2D eigenvalue weighted by Crippen LogP contribution is 2.22. The fraction of sp³-hybridized carbons (Fsp3) is 0.900. The Morgan fingerprint density at radius 2 is 1.94 bits per heavy atom. The third kappa shape index (κ3) is 4.05. The van der Waals surface area contributed by atoms with Crippen molar-refractivity contribution in [3.8, 4) is 0 Å². The predicted molar refractivity (Wildman–Crippen MR) is 54.3 cm³/mol. The first-order valence-corrected chi connectivity index (χ1v) is 5.51. The van der Waals surface area contributed by atoms with E-state index in [0.29, 0.717) is 19.0 Å². The predicted octanol–water partition coefficient (Wildman–Crippen LogP) is 2.33. The van der Waals surface area contributed by atoms with Crippen LogP contribution in [0.2, 0.25) is 0 Å². The maximum Gasteiger partial charge on any atom is 0.324 e. The number of hydrogen-bond donors (Lipinski definition) is 1. The van der Waals surface area contributed by atoms with Crippen molar-refractivity contribution < 1.29 is 22.4 Å². The van der Waals surface area contributed by atoms with E-state index in [2.05, 4.69) is 0 Å². The maximum absolute atomic E-state index is 12.6. The lowest BCUT2D eigenvalue weighted by molar-refractivity contribution is -0.123. The quantitative estimate of drug-likeness (QED) is 0.772. The van der Waals surface area contributed by atoms with E-state index in [-0.39, 0.29) is 0 Å². The maximum atomic E-state index is 12.6. The van der Waals surface area contributed by atoms with Crippen LogP contribution in [-0.4, -0.2) is 42.9 Å². The topological polar surface area (TPSA) is 32.3 Å². The van der Waals surface area contributed by atoms with E-state index in [1.165, 1.54) is 4.90 Å². The lowest BCUT2D eigenvalue weighted by atomic mass is 10.00. The molecule has 1 fully saturated rings. The molecule has 0 bridgehead atoms. The van der Waals surface area contributed by atoms with Gasteiger partial charge in [0.25, 0.3) is 0 Å². The van der Waals surface area contributed by atoms with Gasteiger partial charge in [0.2, 0.25) is 0 Å². The normalized spacial score (nSPS) is 18.6. The molecule has 1 rings (SSSR count). The van der Waals surface area contributed by atoms with Crippen molar-refractivity contribution in [1.29, 1.82) is 0 Å². The number of nitrogens with zero attached hydrogens (tertiary/aromatic N) is 1. The van der Waals surface area contributed by atoms with Crippen LogP contribution in [0.25, 0.3) is 0 Å². The van der Waals surface area contributed by atoms with Gasteiger partial charge >= 0.3 is 18.4 Å². The van der Waals surface area contributed by atoms with Crippen LogP contribution in [0.3, 0.4) is 0 Å². The van der Waals surface area contributed by atoms with E-state index >= 15 is 0 Å². The molecule has 0 aromatic heterocycles. The lowest BCUT2D eigenvalue weighted by Crippen LogP contribution is -2.49. The van der Waals surface area contributed by atoms with E-state index < -0.39 is 24.9 Å². The molecule has 100 valence electrons. The SMILES string of the molecule is CC1CCN(C(=O)NCC(F)(F)C(F)F)CC1. The first-order valence-electron chi connectivity index (χ1n) is 5.51. The van der Waals surface area contributed by atoms with Gasteiger partial charge in [-0.15, -0.1) is 0 Å². The average Bonchev–Trinajstić information content (AvgIpc) is 2.27. The van der Waals surface area contributed by atoms with Crippen LogP contribution in [0.5, 0.6) is 0 Å². The van der Waals surface area contributed by atoms with Gasteiger partial charge in [0, 0.05) is 13.1 Å². The highest BCUT2D eigenvalue weighted by molar-refractivity contribution is 5.74. The van der Waals surface area contributed by atoms with Crippen molar-refractivity contribution in [3.05, 3.63) is 0 Å². The molecule has 2 amide bonds. The molecule has 0 aromatic rings. The van der Waals surface area contributed by atoms with Crippen molar-refractivity contribution in [1.82, 2.24) is 10.2 Å². The van der Waals surface area contributed by atoms with Gasteiger partial charge in [-0.2, -0.15) is 8.78 Å². The smallest absolute Gasteiger partial charge is 0.324 e. The molecule has 1 heterocycles. The van der Waals surface area contributed by atoms with Crippen molar-refractivity contribution in [2.45, 2.75) is 32.1 Å². The second-order valence-electron chi connectivity index (χ2n) is 4.39. The Morgan fingerprint density at radius 3 is 2.41 bits per heavy atom. The summed E-state index contributed by atoms with van der Waals surface area (Å²) in [5, 5.41) is 1.85. The van der Waals surface area contributed by atoms with Crippen molar-refractivity contribution in [2.24, 2.45) is 5.92 Å². The third-order valence-corrected chi connectivity index (χ3v) is 2.87. The number of carbonyl (C=O) groups is 1. The number of likely N-dealkylation sites (tertiary alicyclic amines) is 1. The van der Waals surface area contributed by atoms with E-state index in [0.717, 1.165) is 12.8 Å². The number of amides is 2. The second-order valence-corrected chi connectivity index (χ2v) is 4.39. The van der Waals surface area contributed by atoms with E-state index in [9.17, 15) is 22.4 Å². The summed E-state index contributed by atoms with van der Waals surface area (Å²) in [7, 11) is 0. The summed E-state index contributed by atoms with van der Waals surface area (Å²) < 4.78 is 48.8. The number of alkyl halides is 4. The molecule has 3 nitrogen and oxygen atoms in total. The molecular formula is C10H16F4N2O. The number of nitrogens with one attached hydrogen (secondary N) is 1. The van der Waals surface area contributed by atoms with Gasteiger partial charge in [0.15, 0.2) is 0 Å². The van der Waals surface area contributed by atoms with Crippen molar-refractivity contribution in [2.75, 3.05) is 19.6 Å². The number of carbonyl (C=O) groups excluding carboxylic acids is 1. The molecule has 0 radical (unpaired) electrons. The molecule has 0 unspecified atom stereocenters. The zero-order valence-electron chi connectivity index (χ0n) is 9.56. The molecule has 0 atom stereocenters. The summed E-state index contributed by atoms with van der Waals surface area (Å²) in [6, 6.07) is -0.697. The van der Waals surface area contributed by atoms with Gasteiger partial charge in [-0.3, -0.25) is 0 Å². The molecule has 0 saturated carbocycles. The van der Waals surface area contributed by atoms with Crippen LogP contribution >= 0.6 is 0 Å². The van der Waals surface area contributed by atoms with Crippen LogP contribution in [0.4, 0.5) is 22.4 Å². The van der Waals surface area contributed by atoms with Gasteiger partial charge in [-0.25, -0.2) is 13.6 Å². The van der Waals surface area contributed by atoms with Crippen molar-refractivity contribution >= 4 is 6.03 Å². The Bertz CT molecular complexity index is 265. The summed E-state index contributed by atoms with van der Waals surface area (Å²) in [5.74, 6) is -3.67. The molecule has 1 aliphatic rings. The Balaban J connectivity index is 2.35. The standard InChI is InChI=1S/C10H16F4N2O/c1-7-2-4-16(5-3-7)9(17)15-6-10(13,14)8(11)12/h7-8H,2-6H2,1H3,(H,15,17). The summed E-state index contributed by atoms with van der Waals surface area (Å²) >= 11 is 0. The highest BCUT2D eigenvalue weighted by atomic mass is 19.3. The third-order valence-electron chi connectivity index (χ3n) is 2.87. The monoisotopic (exact) mass is 256 g/mol. The minimum Gasteiger partial charge on any atom is -0.332 e. The molecule has 0 aromatic carbocycles. The summed E-state index contributed by atoms with van der Waals surface area (Å²) in [4.78, 5) is 12.8. The molecule has 0 aliphatic carbocycles. The van der Waals surface area contributed by atoms with Gasteiger partial charge < -0.3 is 10.2 Å². The Kier molecular flexibility index (Phi) is 4.59. The molecule has 1 saturated heterocycles. The fourth-order valence-electron chi connectivity index (χ4n) is 1.59. The van der Waals surface area contributed by atoms with Crippen LogP contribution < -0.4 is 5.32 Å². The molecule has 7 heteroatoms. The van der Waals surface area contributed by atoms with E-state index in [1.54, 1.807) is 0 Å². The van der Waals surface area contributed by atoms with Crippen LogP contribution in [0.1, 0.15) is 19.8 Å². The molecular weight excluding hydrogens is 240 g/mol. The molecule has 1 aliphatic heterocycles. The largest absolute Gasteiger partial charge is 0.332 e. The highest BCUT2D eigenvalue weighted by Gasteiger charge is 2.41. The first kappa shape index (κ1) is 14.1. The lowest BCUT2D eigenvalue weighted by Gasteiger charge is -2.30. The van der Waals surface area contributed by atoms with Gasteiger partial charge in [0.1, 0.15) is 0 Å². The Labute approximate surface area is 97.2 Å². The van der Waals surface area contributed by atoms with Crippen molar-refractivity contribution in [3.63, 3.8) is 0 Å². The number of hydrogen-bond acceptors (Lipinski definition) is 1. The number of piperidine rings is 1. The zero-order valence-corrected chi connectivity index (χ0v) is 9.56. The minimum atomic E-state index is -4.17. The number of urea groups is 1. The second kappa shape index (κ2) is 5.55. The molecule has 1 N–H and O–H groups in total. The van der Waals surface area contributed by atoms with Crippen LogP contribution in [0.15, 0.2) is 0 Å². The van der Waals surface area contributed by atoms with Gasteiger partial charge in [-0.05, 0) is 18.8 Å². The molecule has 17 heavy (non-hydrogen) atoms. The van der Waals surface area contributed by atoms with E-state index in [4.69, 9.17) is 0 Å². The summed E-state index contributed by atoms with van der Waals surface area (Å²) in [6.07, 6.45) is -2.15. The minimum absolute atomic E-state index is 0.479. The number of halogens is 4. The molecule has 0 spiro atoms. The summed E-state index contributed by atoms with van der Waals surface area (Å²) in [5.41, 5.74) is 0. The van der Waals surface area contributed by atoms with E-state index in [1.807, 2.05) is 12.2 Å². The van der Waals surface area contributed by atoms with Gasteiger partial charge in [0.05, 0.1) is 6.54 Å². The fourth-order valence-corrected chi connectivity index (χ4v) is 1.59. The Morgan fingerprint density at radius 1 is 1.41 bits per heavy atom. The first-order chi connectivity index (χ1) is 7.83. The van der Waals surface area contributed by atoms with Crippen LogP contribution in [-0.2, 0) is 0 Å². The zero-order chi connectivity index (χ0) is 13.1. The summed E-state index contributed by atoms with van der Waals surface area (Å²) in [6.45, 7) is 1.68. The Hall–Kier alpha value is -1.01. The van der Waals surface area contributed by atoms with Gasteiger partial charge in [-0.1, -0.05) is 6.92 Å².